The van der Waals surface area contributed by atoms with E-state index in [1.807, 2.05) is 0 Å². The molecule has 0 aromatic heterocycles. The molecule has 1 aromatic carbocycles. The predicted octanol–water partition coefficient (Wildman–Crippen LogP) is 1.61. The van der Waals surface area contributed by atoms with Crippen LogP contribution in [-0.4, -0.2) is 18.8 Å². The summed E-state index contributed by atoms with van der Waals surface area (Å²) in [5.41, 5.74) is 6.66. The minimum Gasteiger partial charge on any atom is -0.496 e. The highest BCUT2D eigenvalue weighted by Crippen LogP contribution is 2.26. The summed E-state index contributed by atoms with van der Waals surface area (Å²) in [6.07, 6.45) is 1.28. The van der Waals surface area contributed by atoms with Crippen molar-refractivity contribution in [2.24, 2.45) is 5.73 Å². The zero-order chi connectivity index (χ0) is 11.3. The zero-order valence-corrected chi connectivity index (χ0v) is 8.74. The van der Waals surface area contributed by atoms with Gasteiger partial charge >= 0.3 is 0 Å². The lowest BCUT2D eigenvalue weighted by atomic mass is 10.0. The van der Waals surface area contributed by atoms with Gasteiger partial charge in [-0.1, -0.05) is 6.07 Å². The van der Waals surface area contributed by atoms with Gasteiger partial charge in [0, 0.05) is 24.3 Å². The van der Waals surface area contributed by atoms with E-state index in [1.165, 1.54) is 19.2 Å². The number of nitrogens with two attached hydrogens (primary N) is 1. The van der Waals surface area contributed by atoms with Crippen LogP contribution in [0.5, 0.6) is 5.75 Å². The molecule has 0 aliphatic carbocycles. The molecule has 0 radical (unpaired) electrons. The van der Waals surface area contributed by atoms with Crippen molar-refractivity contribution in [1.82, 2.24) is 0 Å². The highest BCUT2D eigenvalue weighted by atomic mass is 19.1. The van der Waals surface area contributed by atoms with Gasteiger partial charge in [0.25, 0.3) is 0 Å². The Balaban J connectivity index is 2.82. The van der Waals surface area contributed by atoms with Crippen LogP contribution in [0.3, 0.4) is 0 Å². The fraction of sp³-hybridized carbons (Fsp3) is 0.455. The first-order chi connectivity index (χ1) is 7.19. The molecular formula is C11H16FNO2. The van der Waals surface area contributed by atoms with E-state index in [-0.39, 0.29) is 18.5 Å². The van der Waals surface area contributed by atoms with Gasteiger partial charge in [0.1, 0.15) is 11.6 Å². The fourth-order valence-corrected chi connectivity index (χ4v) is 1.46. The number of hydrogen-bond donors (Lipinski definition) is 2. The highest BCUT2D eigenvalue weighted by molar-refractivity contribution is 5.36. The van der Waals surface area contributed by atoms with Crippen molar-refractivity contribution in [1.29, 1.82) is 0 Å². The Bertz CT molecular complexity index is 317. The van der Waals surface area contributed by atoms with Crippen LogP contribution < -0.4 is 10.5 Å². The molecule has 1 aromatic rings. The normalized spacial score (nSPS) is 12.5. The molecule has 0 spiro atoms. The minimum absolute atomic E-state index is 0.108. The van der Waals surface area contributed by atoms with E-state index in [1.54, 1.807) is 6.07 Å². The number of ether oxygens (including phenoxy) is 1. The SMILES string of the molecule is COc1cc(F)ccc1[C@H](N)CCCO. The Hall–Kier alpha value is -1.13. The Kier molecular flexibility index (Phi) is 4.52. The van der Waals surface area contributed by atoms with Gasteiger partial charge in [-0.3, -0.25) is 0 Å². The molecule has 4 heteroatoms. The number of aliphatic hydroxyl groups is 1. The van der Waals surface area contributed by atoms with Gasteiger partial charge in [-0.15, -0.1) is 0 Å². The van der Waals surface area contributed by atoms with E-state index in [4.69, 9.17) is 15.6 Å². The Morgan fingerprint density at radius 1 is 1.53 bits per heavy atom. The third-order valence-electron chi connectivity index (χ3n) is 2.27. The van der Waals surface area contributed by atoms with Crippen molar-refractivity contribution in [3.8, 4) is 5.75 Å². The molecule has 0 saturated carbocycles. The molecule has 3 N–H and O–H groups in total. The van der Waals surface area contributed by atoms with E-state index < -0.39 is 0 Å². The first-order valence-electron chi connectivity index (χ1n) is 4.89. The third-order valence-corrected chi connectivity index (χ3v) is 2.27. The highest BCUT2D eigenvalue weighted by Gasteiger charge is 2.12. The molecule has 1 rings (SSSR count). The van der Waals surface area contributed by atoms with Crippen molar-refractivity contribution in [2.75, 3.05) is 13.7 Å². The smallest absolute Gasteiger partial charge is 0.126 e. The van der Waals surface area contributed by atoms with Crippen molar-refractivity contribution in [3.63, 3.8) is 0 Å². The predicted molar refractivity (Wildman–Crippen MR) is 56.2 cm³/mol. The van der Waals surface area contributed by atoms with Crippen LogP contribution in [0.15, 0.2) is 18.2 Å². The maximum absolute atomic E-state index is 12.9. The summed E-state index contributed by atoms with van der Waals surface area (Å²) in [6, 6.07) is 4.06. The lowest BCUT2D eigenvalue weighted by Gasteiger charge is -2.15. The first-order valence-corrected chi connectivity index (χ1v) is 4.89. The summed E-state index contributed by atoms with van der Waals surface area (Å²) < 4.78 is 17.9. The maximum Gasteiger partial charge on any atom is 0.126 e. The maximum atomic E-state index is 12.9. The molecule has 0 fully saturated rings. The van der Waals surface area contributed by atoms with Crippen molar-refractivity contribution < 1.29 is 14.2 Å². The van der Waals surface area contributed by atoms with E-state index in [0.29, 0.717) is 18.6 Å². The second-order valence-electron chi connectivity index (χ2n) is 3.36. The van der Waals surface area contributed by atoms with Gasteiger partial charge in [-0.2, -0.15) is 0 Å². The molecule has 0 heterocycles. The molecule has 0 amide bonds. The van der Waals surface area contributed by atoms with Crippen molar-refractivity contribution in [2.45, 2.75) is 18.9 Å². The summed E-state index contributed by atoms with van der Waals surface area (Å²) in [6.45, 7) is 0.108. The molecule has 0 aliphatic heterocycles. The number of halogens is 1. The average Bonchev–Trinajstić information content (AvgIpc) is 2.25. The van der Waals surface area contributed by atoms with E-state index in [2.05, 4.69) is 0 Å². The van der Waals surface area contributed by atoms with Crippen LogP contribution in [0, 0.1) is 5.82 Å². The number of hydrogen-bond acceptors (Lipinski definition) is 3. The van der Waals surface area contributed by atoms with Crippen LogP contribution >= 0.6 is 0 Å². The average molecular weight is 213 g/mol. The Morgan fingerprint density at radius 2 is 2.27 bits per heavy atom. The second-order valence-corrected chi connectivity index (χ2v) is 3.36. The molecule has 0 bridgehead atoms. The summed E-state index contributed by atoms with van der Waals surface area (Å²) in [5.74, 6) is 0.116. The molecular weight excluding hydrogens is 197 g/mol. The summed E-state index contributed by atoms with van der Waals surface area (Å²) >= 11 is 0. The lowest BCUT2D eigenvalue weighted by Crippen LogP contribution is -2.12. The molecule has 0 unspecified atom stereocenters. The topological polar surface area (TPSA) is 55.5 Å². The molecule has 3 nitrogen and oxygen atoms in total. The molecule has 15 heavy (non-hydrogen) atoms. The number of methoxy groups -OCH3 is 1. The molecule has 0 saturated heterocycles. The van der Waals surface area contributed by atoms with Crippen LogP contribution in [0.25, 0.3) is 0 Å². The molecule has 1 atom stereocenters. The zero-order valence-electron chi connectivity index (χ0n) is 8.74. The third kappa shape index (κ3) is 3.18. The van der Waals surface area contributed by atoms with E-state index >= 15 is 0 Å². The fourth-order valence-electron chi connectivity index (χ4n) is 1.46. The van der Waals surface area contributed by atoms with Gasteiger partial charge < -0.3 is 15.6 Å². The number of aliphatic hydroxyl groups excluding tert-OH is 1. The summed E-state index contributed by atoms with van der Waals surface area (Å²) in [7, 11) is 1.48. The van der Waals surface area contributed by atoms with Gasteiger partial charge in [0.15, 0.2) is 0 Å². The number of rotatable bonds is 5. The van der Waals surface area contributed by atoms with E-state index in [9.17, 15) is 4.39 Å². The summed E-state index contributed by atoms with van der Waals surface area (Å²) in [5, 5.41) is 8.69. The second kappa shape index (κ2) is 5.68. The van der Waals surface area contributed by atoms with Crippen LogP contribution in [0.1, 0.15) is 24.4 Å². The van der Waals surface area contributed by atoms with Gasteiger partial charge in [-0.05, 0) is 18.9 Å². The van der Waals surface area contributed by atoms with Crippen molar-refractivity contribution >= 4 is 0 Å². The van der Waals surface area contributed by atoms with Gasteiger partial charge in [0.05, 0.1) is 7.11 Å². The van der Waals surface area contributed by atoms with Crippen molar-refractivity contribution in [3.05, 3.63) is 29.6 Å². The van der Waals surface area contributed by atoms with Gasteiger partial charge in [0.2, 0.25) is 0 Å². The quantitative estimate of drug-likeness (QED) is 0.781. The largest absolute Gasteiger partial charge is 0.496 e. The van der Waals surface area contributed by atoms with Gasteiger partial charge in [-0.25, -0.2) is 4.39 Å². The van der Waals surface area contributed by atoms with E-state index in [0.717, 1.165) is 5.56 Å². The minimum atomic E-state index is -0.343. The molecule has 84 valence electrons. The van der Waals surface area contributed by atoms with Crippen LogP contribution in [0.2, 0.25) is 0 Å². The van der Waals surface area contributed by atoms with Crippen LogP contribution in [0.4, 0.5) is 4.39 Å². The standard InChI is InChI=1S/C11H16FNO2/c1-15-11-7-8(12)4-5-9(11)10(13)3-2-6-14/h4-5,7,10,14H,2-3,6,13H2,1H3/t10-/m1/s1. The Morgan fingerprint density at radius 3 is 2.87 bits per heavy atom. The van der Waals surface area contributed by atoms with Crippen LogP contribution in [-0.2, 0) is 0 Å². The first kappa shape index (κ1) is 11.9. The monoisotopic (exact) mass is 213 g/mol. The molecule has 0 aliphatic rings. The lowest BCUT2D eigenvalue weighted by molar-refractivity contribution is 0.279. The number of benzene rings is 1. The summed E-state index contributed by atoms with van der Waals surface area (Å²) in [4.78, 5) is 0. The Labute approximate surface area is 88.7 Å².